The van der Waals surface area contributed by atoms with E-state index >= 15 is 0 Å². The fourth-order valence-corrected chi connectivity index (χ4v) is 5.20. The summed E-state index contributed by atoms with van der Waals surface area (Å²) in [6, 6.07) is 11.7. The van der Waals surface area contributed by atoms with E-state index in [-0.39, 0.29) is 11.1 Å². The van der Waals surface area contributed by atoms with Crippen LogP contribution in [0, 0.1) is 5.82 Å². The van der Waals surface area contributed by atoms with E-state index in [0.29, 0.717) is 21.5 Å². The van der Waals surface area contributed by atoms with Crippen molar-refractivity contribution in [2.24, 2.45) is 0 Å². The summed E-state index contributed by atoms with van der Waals surface area (Å²) in [6.45, 7) is 0.341. The normalized spacial score (nSPS) is 15.6. The second kappa shape index (κ2) is 7.23. The number of benzene rings is 2. The van der Waals surface area contributed by atoms with Crippen LogP contribution in [0.25, 0.3) is 0 Å². The Balaban J connectivity index is 1.68. The van der Waals surface area contributed by atoms with E-state index < -0.39 is 9.84 Å². The summed E-state index contributed by atoms with van der Waals surface area (Å²) in [5, 5.41) is 2.88. The van der Waals surface area contributed by atoms with Crippen molar-refractivity contribution in [2.75, 3.05) is 5.32 Å². The van der Waals surface area contributed by atoms with Gasteiger partial charge in [0, 0.05) is 22.3 Å². The SMILES string of the molecule is O=S(=O)(c1ccc(NCc2ccc(Br)cc2F)cc1)C1CCCC1. The van der Waals surface area contributed by atoms with Crippen LogP contribution in [-0.4, -0.2) is 13.7 Å². The molecule has 0 heterocycles. The van der Waals surface area contributed by atoms with E-state index in [2.05, 4.69) is 21.2 Å². The van der Waals surface area contributed by atoms with Crippen LogP contribution in [0.15, 0.2) is 51.8 Å². The van der Waals surface area contributed by atoms with E-state index in [1.165, 1.54) is 6.07 Å². The van der Waals surface area contributed by atoms with Gasteiger partial charge in [-0.2, -0.15) is 0 Å². The minimum absolute atomic E-state index is 0.242. The Kier molecular flexibility index (Phi) is 5.25. The Morgan fingerprint density at radius 3 is 2.38 bits per heavy atom. The maximum atomic E-state index is 13.8. The first-order valence-corrected chi connectivity index (χ1v) is 10.3. The molecule has 0 aliphatic heterocycles. The zero-order valence-electron chi connectivity index (χ0n) is 13.1. The van der Waals surface area contributed by atoms with Crippen LogP contribution in [0.4, 0.5) is 10.1 Å². The first-order chi connectivity index (χ1) is 11.5. The van der Waals surface area contributed by atoms with Crippen LogP contribution in [0.3, 0.4) is 0 Å². The highest BCUT2D eigenvalue weighted by atomic mass is 79.9. The topological polar surface area (TPSA) is 46.2 Å². The predicted molar refractivity (Wildman–Crippen MR) is 97.3 cm³/mol. The summed E-state index contributed by atoms with van der Waals surface area (Å²) in [4.78, 5) is 0.370. The summed E-state index contributed by atoms with van der Waals surface area (Å²) in [6.07, 6.45) is 3.49. The molecule has 1 N–H and O–H groups in total. The largest absolute Gasteiger partial charge is 0.381 e. The van der Waals surface area contributed by atoms with E-state index in [0.717, 1.165) is 31.4 Å². The average molecular weight is 412 g/mol. The molecule has 1 aliphatic rings. The number of rotatable bonds is 5. The molecule has 0 amide bonds. The van der Waals surface area contributed by atoms with Crippen LogP contribution in [0.2, 0.25) is 0 Å². The lowest BCUT2D eigenvalue weighted by Crippen LogP contribution is -2.17. The number of hydrogen-bond acceptors (Lipinski definition) is 3. The molecule has 0 spiro atoms. The van der Waals surface area contributed by atoms with Crippen LogP contribution < -0.4 is 5.32 Å². The molecular formula is C18H19BrFNO2S. The van der Waals surface area contributed by atoms with E-state index in [1.54, 1.807) is 36.4 Å². The van der Waals surface area contributed by atoms with Crippen molar-refractivity contribution >= 4 is 31.5 Å². The zero-order valence-corrected chi connectivity index (χ0v) is 15.5. The molecule has 0 unspecified atom stereocenters. The molecule has 1 saturated carbocycles. The molecule has 0 aromatic heterocycles. The van der Waals surface area contributed by atoms with Crippen molar-refractivity contribution in [1.29, 1.82) is 0 Å². The lowest BCUT2D eigenvalue weighted by atomic mass is 10.2. The number of nitrogens with one attached hydrogen (secondary N) is 1. The number of sulfone groups is 1. The molecular weight excluding hydrogens is 393 g/mol. The highest BCUT2D eigenvalue weighted by Gasteiger charge is 2.29. The second-order valence-corrected chi connectivity index (χ2v) is 9.21. The average Bonchev–Trinajstić information content (AvgIpc) is 3.10. The summed E-state index contributed by atoms with van der Waals surface area (Å²) in [7, 11) is -3.23. The molecule has 1 aliphatic carbocycles. The van der Waals surface area contributed by atoms with Crippen LogP contribution in [-0.2, 0) is 16.4 Å². The molecule has 128 valence electrons. The Morgan fingerprint density at radius 2 is 1.75 bits per heavy atom. The van der Waals surface area contributed by atoms with Crippen molar-refractivity contribution < 1.29 is 12.8 Å². The molecule has 1 fully saturated rings. The highest BCUT2D eigenvalue weighted by Crippen LogP contribution is 2.30. The van der Waals surface area contributed by atoms with Crippen molar-refractivity contribution in [2.45, 2.75) is 42.4 Å². The number of anilines is 1. The summed E-state index contributed by atoms with van der Waals surface area (Å²) >= 11 is 3.23. The summed E-state index contributed by atoms with van der Waals surface area (Å²) < 4.78 is 39.6. The van der Waals surface area contributed by atoms with Crippen LogP contribution in [0.5, 0.6) is 0 Å². The fourth-order valence-electron chi connectivity index (χ4n) is 3.02. The van der Waals surface area contributed by atoms with E-state index in [4.69, 9.17) is 0 Å². The van der Waals surface area contributed by atoms with Gasteiger partial charge in [0.05, 0.1) is 10.1 Å². The standard InChI is InChI=1S/C18H19BrFNO2S/c19-14-6-5-13(18(20)11-14)12-21-15-7-9-17(10-8-15)24(22,23)16-3-1-2-4-16/h5-11,16,21H,1-4,12H2. The minimum Gasteiger partial charge on any atom is -0.381 e. The molecule has 24 heavy (non-hydrogen) atoms. The molecule has 6 heteroatoms. The first kappa shape index (κ1) is 17.4. The van der Waals surface area contributed by atoms with Gasteiger partial charge in [-0.3, -0.25) is 0 Å². The van der Waals surface area contributed by atoms with Crippen molar-refractivity contribution in [3.05, 3.63) is 58.3 Å². The van der Waals surface area contributed by atoms with Gasteiger partial charge in [-0.15, -0.1) is 0 Å². The molecule has 0 radical (unpaired) electrons. The number of hydrogen-bond donors (Lipinski definition) is 1. The maximum Gasteiger partial charge on any atom is 0.181 e. The third kappa shape index (κ3) is 3.81. The van der Waals surface area contributed by atoms with Gasteiger partial charge in [0.2, 0.25) is 0 Å². The van der Waals surface area contributed by atoms with E-state index in [9.17, 15) is 12.8 Å². The van der Waals surface area contributed by atoms with Crippen LogP contribution in [0.1, 0.15) is 31.2 Å². The summed E-state index contributed by atoms with van der Waals surface area (Å²) in [5.41, 5.74) is 1.32. The van der Waals surface area contributed by atoms with Crippen LogP contribution >= 0.6 is 15.9 Å². The molecule has 3 nitrogen and oxygen atoms in total. The Hall–Kier alpha value is -1.40. The second-order valence-electron chi connectivity index (χ2n) is 6.07. The van der Waals surface area contributed by atoms with Gasteiger partial charge in [0.15, 0.2) is 9.84 Å². The molecule has 0 bridgehead atoms. The molecule has 2 aromatic carbocycles. The van der Waals surface area contributed by atoms with Gasteiger partial charge in [0.1, 0.15) is 5.82 Å². The van der Waals surface area contributed by atoms with Crippen molar-refractivity contribution in [3.8, 4) is 0 Å². The Bertz CT molecular complexity index is 815. The smallest absolute Gasteiger partial charge is 0.181 e. The van der Waals surface area contributed by atoms with Gasteiger partial charge >= 0.3 is 0 Å². The van der Waals surface area contributed by atoms with Gasteiger partial charge in [0.25, 0.3) is 0 Å². The van der Waals surface area contributed by atoms with Gasteiger partial charge < -0.3 is 5.32 Å². The van der Waals surface area contributed by atoms with E-state index in [1.807, 2.05) is 0 Å². The van der Waals surface area contributed by atoms with Crippen molar-refractivity contribution in [1.82, 2.24) is 0 Å². The molecule has 2 aromatic rings. The molecule has 0 saturated heterocycles. The first-order valence-electron chi connectivity index (χ1n) is 7.98. The third-order valence-corrected chi connectivity index (χ3v) is 7.19. The lowest BCUT2D eigenvalue weighted by Gasteiger charge is -2.12. The zero-order chi connectivity index (χ0) is 17.2. The predicted octanol–water partition coefficient (Wildman–Crippen LogP) is 4.92. The number of halogens is 2. The maximum absolute atomic E-state index is 13.8. The minimum atomic E-state index is -3.23. The third-order valence-electron chi connectivity index (χ3n) is 4.42. The molecule has 3 rings (SSSR count). The summed E-state index contributed by atoms with van der Waals surface area (Å²) in [5.74, 6) is -0.280. The van der Waals surface area contributed by atoms with Gasteiger partial charge in [-0.25, -0.2) is 12.8 Å². The van der Waals surface area contributed by atoms with Gasteiger partial charge in [-0.05, 0) is 49.2 Å². The fraction of sp³-hybridized carbons (Fsp3) is 0.333. The monoisotopic (exact) mass is 411 g/mol. The highest BCUT2D eigenvalue weighted by molar-refractivity contribution is 9.10. The lowest BCUT2D eigenvalue weighted by molar-refractivity contribution is 0.579. The Labute approximate surface area is 150 Å². The van der Waals surface area contributed by atoms with Crippen molar-refractivity contribution in [3.63, 3.8) is 0 Å². The Morgan fingerprint density at radius 1 is 1.08 bits per heavy atom. The van der Waals surface area contributed by atoms with Gasteiger partial charge in [-0.1, -0.05) is 34.8 Å². The quantitative estimate of drug-likeness (QED) is 0.759. The molecule has 0 atom stereocenters.